The van der Waals surface area contributed by atoms with Crippen LogP contribution in [0.3, 0.4) is 0 Å². The molecule has 1 aromatic heterocycles. The van der Waals surface area contributed by atoms with Crippen LogP contribution in [-0.4, -0.2) is 28.4 Å². The van der Waals surface area contributed by atoms with E-state index in [0.717, 1.165) is 4.47 Å². The molecule has 0 aliphatic heterocycles. The number of hydrogen-bond acceptors (Lipinski definition) is 4. The van der Waals surface area contributed by atoms with Gasteiger partial charge in [0.1, 0.15) is 5.75 Å². The van der Waals surface area contributed by atoms with Crippen molar-refractivity contribution >= 4 is 45.3 Å². The van der Waals surface area contributed by atoms with Crippen molar-refractivity contribution in [2.24, 2.45) is 0 Å². The summed E-state index contributed by atoms with van der Waals surface area (Å²) in [6, 6.07) is 8.33. The number of carboxylic acids is 1. The molecule has 0 saturated heterocycles. The van der Waals surface area contributed by atoms with Gasteiger partial charge in [-0.05, 0) is 46.3 Å². The molecule has 0 fully saturated rings. The largest absolute Gasteiger partial charge is 0.492 e. The number of carbonyl (C=O) groups is 1. The van der Waals surface area contributed by atoms with Crippen molar-refractivity contribution in [3.8, 4) is 5.75 Å². The molecule has 110 valence electrons. The first-order valence-electron chi connectivity index (χ1n) is 5.96. The lowest BCUT2D eigenvalue weighted by Gasteiger charge is -2.08. The normalized spacial score (nSPS) is 10.4. The van der Waals surface area contributed by atoms with Gasteiger partial charge in [0.15, 0.2) is 0 Å². The van der Waals surface area contributed by atoms with Gasteiger partial charge in [0.05, 0.1) is 21.7 Å². The number of halogens is 2. The van der Waals surface area contributed by atoms with Gasteiger partial charge >= 0.3 is 5.97 Å². The van der Waals surface area contributed by atoms with Crippen molar-refractivity contribution < 1.29 is 14.6 Å². The summed E-state index contributed by atoms with van der Waals surface area (Å²) < 4.78 is 6.42. The van der Waals surface area contributed by atoms with Crippen molar-refractivity contribution in [1.82, 2.24) is 4.98 Å². The molecule has 1 aromatic carbocycles. The summed E-state index contributed by atoms with van der Waals surface area (Å²) in [7, 11) is 0. The van der Waals surface area contributed by atoms with Crippen LogP contribution in [0.5, 0.6) is 5.75 Å². The van der Waals surface area contributed by atoms with Crippen LogP contribution in [-0.2, 0) is 0 Å². The number of ether oxygens (including phenoxy) is 1. The fourth-order valence-corrected chi connectivity index (χ4v) is 3.03. The molecule has 0 aliphatic carbocycles. The first-order chi connectivity index (χ1) is 10.1. The zero-order valence-corrected chi connectivity index (χ0v) is 13.9. The molecule has 0 bridgehead atoms. The van der Waals surface area contributed by atoms with Gasteiger partial charge in [-0.25, -0.2) is 9.78 Å². The third-order valence-corrected chi connectivity index (χ3v) is 4.21. The predicted molar refractivity (Wildman–Crippen MR) is 86.6 cm³/mol. The minimum Gasteiger partial charge on any atom is -0.492 e. The Morgan fingerprint density at radius 2 is 2.19 bits per heavy atom. The quantitative estimate of drug-likeness (QED) is 0.588. The lowest BCUT2D eigenvalue weighted by Crippen LogP contribution is -2.02. The molecule has 2 rings (SSSR count). The van der Waals surface area contributed by atoms with Crippen LogP contribution in [0.4, 0.5) is 0 Å². The van der Waals surface area contributed by atoms with Crippen LogP contribution in [0, 0.1) is 0 Å². The molecule has 0 amide bonds. The molecule has 7 heteroatoms. The van der Waals surface area contributed by atoms with Crippen LogP contribution in [0.25, 0.3) is 0 Å². The van der Waals surface area contributed by atoms with Gasteiger partial charge in [0.25, 0.3) is 0 Å². The molecular weight excluding hydrogens is 378 g/mol. The Bertz CT molecular complexity index is 654. The van der Waals surface area contributed by atoms with Gasteiger partial charge in [-0.3, -0.25) is 0 Å². The average molecular weight is 389 g/mol. The lowest BCUT2D eigenvalue weighted by atomic mass is 10.3. The van der Waals surface area contributed by atoms with Crippen molar-refractivity contribution in [3.05, 3.63) is 51.6 Å². The number of rotatable bonds is 6. The topological polar surface area (TPSA) is 59.4 Å². The van der Waals surface area contributed by atoms with E-state index in [1.54, 1.807) is 24.3 Å². The minimum absolute atomic E-state index is 0.230. The highest BCUT2D eigenvalue weighted by molar-refractivity contribution is 9.10. The minimum atomic E-state index is -0.958. The van der Waals surface area contributed by atoms with Crippen LogP contribution in [0.1, 0.15) is 10.4 Å². The maximum atomic E-state index is 10.9. The summed E-state index contributed by atoms with van der Waals surface area (Å²) in [6.07, 6.45) is 1.49. The highest BCUT2D eigenvalue weighted by Gasteiger charge is 2.05. The molecular formula is C14H11BrClNO3S. The first kappa shape index (κ1) is 16.1. The van der Waals surface area contributed by atoms with E-state index in [2.05, 4.69) is 20.9 Å². The Morgan fingerprint density at radius 3 is 2.90 bits per heavy atom. The Kier molecular flexibility index (Phi) is 5.90. The number of nitrogens with zero attached hydrogens (tertiary/aromatic N) is 1. The molecule has 2 aromatic rings. The number of hydrogen-bond donors (Lipinski definition) is 1. The fraction of sp³-hybridized carbons (Fsp3) is 0.143. The highest BCUT2D eigenvalue weighted by atomic mass is 79.9. The molecule has 0 aliphatic rings. The van der Waals surface area contributed by atoms with E-state index >= 15 is 0 Å². The van der Waals surface area contributed by atoms with E-state index in [1.165, 1.54) is 24.0 Å². The highest BCUT2D eigenvalue weighted by Crippen LogP contribution is 2.28. The summed E-state index contributed by atoms with van der Waals surface area (Å²) >= 11 is 10.7. The van der Waals surface area contributed by atoms with E-state index in [9.17, 15) is 4.79 Å². The van der Waals surface area contributed by atoms with Crippen LogP contribution in [0.15, 0.2) is 46.0 Å². The Labute approximate surface area is 139 Å². The molecule has 4 nitrogen and oxygen atoms in total. The first-order valence-corrected chi connectivity index (χ1v) is 8.12. The summed E-state index contributed by atoms with van der Waals surface area (Å²) in [6.45, 7) is 0.476. The average Bonchev–Trinajstić information content (AvgIpc) is 2.45. The van der Waals surface area contributed by atoms with Gasteiger partial charge < -0.3 is 9.84 Å². The smallest absolute Gasteiger partial charge is 0.335 e. The van der Waals surface area contributed by atoms with E-state index in [-0.39, 0.29) is 5.56 Å². The van der Waals surface area contributed by atoms with Crippen LogP contribution < -0.4 is 4.74 Å². The molecule has 1 N–H and O–H groups in total. The standard InChI is InChI=1S/C14H11BrClNO3S/c15-11-8-10(16)1-2-12(11)20-5-6-21-13-7-9(14(18)19)3-4-17-13/h1-4,7-8H,5-6H2,(H,18,19). The van der Waals surface area contributed by atoms with Gasteiger partial charge in [-0.1, -0.05) is 11.6 Å². The molecule has 0 saturated carbocycles. The zero-order valence-electron chi connectivity index (χ0n) is 10.8. The van der Waals surface area contributed by atoms with Crippen molar-refractivity contribution in [2.45, 2.75) is 5.03 Å². The van der Waals surface area contributed by atoms with Gasteiger partial charge in [0.2, 0.25) is 0 Å². The van der Waals surface area contributed by atoms with Crippen molar-refractivity contribution in [1.29, 1.82) is 0 Å². The number of pyridine rings is 1. The van der Waals surface area contributed by atoms with Gasteiger partial charge in [-0.15, -0.1) is 11.8 Å². The zero-order chi connectivity index (χ0) is 15.2. The van der Waals surface area contributed by atoms with Crippen LogP contribution in [0.2, 0.25) is 5.02 Å². The molecule has 1 heterocycles. The van der Waals surface area contributed by atoms with Crippen LogP contribution >= 0.6 is 39.3 Å². The molecule has 0 unspecified atom stereocenters. The molecule has 0 spiro atoms. The Hall–Kier alpha value is -1.24. The number of thioether (sulfide) groups is 1. The van der Waals surface area contributed by atoms with Gasteiger partial charge in [-0.2, -0.15) is 0 Å². The van der Waals surface area contributed by atoms with E-state index in [4.69, 9.17) is 21.4 Å². The van der Waals surface area contributed by atoms with Crippen molar-refractivity contribution in [2.75, 3.05) is 12.4 Å². The maximum absolute atomic E-state index is 10.9. The second-order valence-electron chi connectivity index (χ2n) is 3.96. The maximum Gasteiger partial charge on any atom is 0.335 e. The number of benzene rings is 1. The van der Waals surface area contributed by atoms with E-state index < -0.39 is 5.97 Å². The fourth-order valence-electron chi connectivity index (χ4n) is 1.51. The van der Waals surface area contributed by atoms with E-state index in [0.29, 0.717) is 28.2 Å². The lowest BCUT2D eigenvalue weighted by molar-refractivity contribution is 0.0696. The molecule has 0 radical (unpaired) electrons. The second kappa shape index (κ2) is 7.68. The van der Waals surface area contributed by atoms with E-state index in [1.807, 2.05) is 0 Å². The Balaban J connectivity index is 1.84. The van der Waals surface area contributed by atoms with Gasteiger partial charge in [0, 0.05) is 17.0 Å². The summed E-state index contributed by atoms with van der Waals surface area (Å²) in [5, 5.41) is 10.2. The Morgan fingerprint density at radius 1 is 1.38 bits per heavy atom. The van der Waals surface area contributed by atoms with Crippen molar-refractivity contribution in [3.63, 3.8) is 0 Å². The summed E-state index contributed by atoms with van der Waals surface area (Å²) in [5.41, 5.74) is 0.230. The second-order valence-corrected chi connectivity index (χ2v) is 6.37. The number of carboxylic acid groups (broad SMARTS) is 1. The third kappa shape index (κ3) is 4.91. The molecule has 0 atom stereocenters. The number of aromatic carboxylic acids is 1. The predicted octanol–water partition coefficient (Wildman–Crippen LogP) is 4.37. The SMILES string of the molecule is O=C(O)c1ccnc(SCCOc2ccc(Cl)cc2Br)c1. The summed E-state index contributed by atoms with van der Waals surface area (Å²) in [4.78, 5) is 15.0. The number of aromatic nitrogens is 1. The third-order valence-electron chi connectivity index (χ3n) is 2.47. The molecule has 21 heavy (non-hydrogen) atoms. The summed E-state index contributed by atoms with van der Waals surface area (Å²) in [5.74, 6) is 0.415. The monoisotopic (exact) mass is 387 g/mol.